The molecule has 0 unspecified atom stereocenters. The summed E-state index contributed by atoms with van der Waals surface area (Å²) in [5.74, 6) is 0.721. The van der Waals surface area contributed by atoms with E-state index in [0.717, 1.165) is 66.3 Å². The number of hydrogen-bond acceptors (Lipinski definition) is 3. The van der Waals surface area contributed by atoms with Gasteiger partial charge >= 0.3 is 0 Å². The molecular formula is C52H32N4S. The number of nitrogens with zero attached hydrogens (tertiary/aromatic N) is 4. The Hall–Kier alpha value is -7.34. The van der Waals surface area contributed by atoms with Crippen LogP contribution < -0.4 is 0 Å². The normalized spacial score (nSPS) is 11.9. The van der Waals surface area contributed by atoms with Crippen LogP contribution in [0.25, 0.3) is 109 Å². The highest BCUT2D eigenvalue weighted by Gasteiger charge is 2.19. The van der Waals surface area contributed by atoms with Crippen LogP contribution in [0.2, 0.25) is 0 Å². The summed E-state index contributed by atoms with van der Waals surface area (Å²) >= 11 is 1.77. The average molecular weight is 745 g/mol. The molecule has 0 saturated carbocycles. The Bertz CT molecular complexity index is 3480. The SMILES string of the molecule is c1ccc(-n2c3ccccc3c3cc(-c4nc(-c5cccc(-c6cccc(-n7c8ccccc8c8ccccc87)c6)c5)c5sc6ccccc6c5n4)ccc32)cc1. The van der Waals surface area contributed by atoms with Crippen molar-refractivity contribution >= 4 is 75.3 Å². The Kier molecular flexibility index (Phi) is 7.06. The molecule has 0 fully saturated rings. The minimum absolute atomic E-state index is 0.721. The summed E-state index contributed by atoms with van der Waals surface area (Å²) in [6.07, 6.45) is 0. The molecule has 0 radical (unpaired) electrons. The van der Waals surface area contributed by atoms with Crippen LogP contribution in [0.3, 0.4) is 0 Å². The fraction of sp³-hybridized carbons (Fsp3) is 0. The van der Waals surface area contributed by atoms with Gasteiger partial charge in [-0.2, -0.15) is 0 Å². The van der Waals surface area contributed by atoms with Crippen LogP contribution >= 0.6 is 11.3 Å². The zero-order valence-electron chi connectivity index (χ0n) is 30.7. The second-order valence-corrected chi connectivity index (χ2v) is 15.6. The van der Waals surface area contributed by atoms with E-state index in [2.05, 4.69) is 203 Å². The largest absolute Gasteiger partial charge is 0.309 e. The summed E-state index contributed by atoms with van der Waals surface area (Å²) in [4.78, 5) is 10.8. The number of rotatable bonds is 5. The Labute approximate surface area is 332 Å². The third-order valence-electron chi connectivity index (χ3n) is 11.3. The predicted octanol–water partition coefficient (Wildman–Crippen LogP) is 14.0. The van der Waals surface area contributed by atoms with Crippen molar-refractivity contribution in [2.24, 2.45) is 0 Å². The monoisotopic (exact) mass is 744 g/mol. The lowest BCUT2D eigenvalue weighted by atomic mass is 10.0. The summed E-state index contributed by atoms with van der Waals surface area (Å²) in [5, 5.41) is 6.05. The Balaban J connectivity index is 1.03. The van der Waals surface area contributed by atoms with Gasteiger partial charge in [-0.15, -0.1) is 11.3 Å². The summed E-state index contributed by atoms with van der Waals surface area (Å²) in [5.41, 5.74) is 13.3. The molecule has 8 aromatic carbocycles. The molecule has 4 nitrogen and oxygen atoms in total. The van der Waals surface area contributed by atoms with Crippen molar-refractivity contribution in [2.75, 3.05) is 0 Å². The molecule has 57 heavy (non-hydrogen) atoms. The lowest BCUT2D eigenvalue weighted by Crippen LogP contribution is -1.95. The van der Waals surface area contributed by atoms with E-state index in [1.807, 2.05) is 0 Å². The number of benzene rings is 8. The number of aromatic nitrogens is 4. The maximum atomic E-state index is 5.44. The summed E-state index contributed by atoms with van der Waals surface area (Å²) in [6.45, 7) is 0. The molecule has 5 heteroatoms. The van der Waals surface area contributed by atoms with E-state index in [0.29, 0.717) is 0 Å². The van der Waals surface area contributed by atoms with Gasteiger partial charge in [0, 0.05) is 54.1 Å². The first kappa shape index (κ1) is 32.0. The average Bonchev–Trinajstić information content (AvgIpc) is 3.94. The van der Waals surface area contributed by atoms with Crippen LogP contribution in [-0.4, -0.2) is 19.1 Å². The van der Waals surface area contributed by atoms with Crippen molar-refractivity contribution in [2.45, 2.75) is 0 Å². The quantitative estimate of drug-likeness (QED) is 0.176. The molecule has 266 valence electrons. The van der Waals surface area contributed by atoms with Crippen molar-refractivity contribution in [1.29, 1.82) is 0 Å². The van der Waals surface area contributed by atoms with Gasteiger partial charge in [0.2, 0.25) is 0 Å². The van der Waals surface area contributed by atoms with E-state index in [1.54, 1.807) is 11.3 Å². The molecule has 0 saturated heterocycles. The molecule has 0 aliphatic carbocycles. The van der Waals surface area contributed by atoms with Crippen molar-refractivity contribution in [3.8, 4) is 45.1 Å². The molecule has 4 aromatic heterocycles. The van der Waals surface area contributed by atoms with Gasteiger partial charge in [0.05, 0.1) is 38.0 Å². The number of para-hydroxylation sites is 4. The van der Waals surface area contributed by atoms with Gasteiger partial charge < -0.3 is 9.13 Å². The molecule has 0 aliphatic heterocycles. The van der Waals surface area contributed by atoms with E-state index in [1.165, 1.54) is 42.8 Å². The lowest BCUT2D eigenvalue weighted by molar-refractivity contribution is 1.18. The van der Waals surface area contributed by atoms with Crippen molar-refractivity contribution in [3.63, 3.8) is 0 Å². The molecule has 0 aliphatic rings. The molecule has 0 spiro atoms. The molecule has 0 amide bonds. The first-order chi connectivity index (χ1) is 28.3. The van der Waals surface area contributed by atoms with E-state index in [9.17, 15) is 0 Å². The van der Waals surface area contributed by atoms with E-state index < -0.39 is 0 Å². The summed E-state index contributed by atoms with van der Waals surface area (Å²) in [6, 6.07) is 69.5. The highest BCUT2D eigenvalue weighted by atomic mass is 32.1. The first-order valence-corrected chi connectivity index (χ1v) is 20.1. The second kappa shape index (κ2) is 12.6. The molecule has 0 atom stereocenters. The molecule has 0 bridgehead atoms. The van der Waals surface area contributed by atoms with Crippen LogP contribution in [0, 0.1) is 0 Å². The maximum Gasteiger partial charge on any atom is 0.160 e. The third-order valence-corrected chi connectivity index (χ3v) is 12.5. The second-order valence-electron chi connectivity index (χ2n) is 14.6. The summed E-state index contributed by atoms with van der Waals surface area (Å²) < 4.78 is 7.02. The van der Waals surface area contributed by atoms with Gasteiger partial charge in [-0.3, -0.25) is 0 Å². The molecule has 12 aromatic rings. The van der Waals surface area contributed by atoms with Crippen LogP contribution in [0.4, 0.5) is 0 Å². The third kappa shape index (κ3) is 4.99. The van der Waals surface area contributed by atoms with E-state index in [4.69, 9.17) is 9.97 Å². The van der Waals surface area contributed by atoms with Crippen molar-refractivity contribution in [3.05, 3.63) is 194 Å². The van der Waals surface area contributed by atoms with Gasteiger partial charge in [-0.05, 0) is 83.9 Å². The smallest absolute Gasteiger partial charge is 0.160 e. The van der Waals surface area contributed by atoms with Gasteiger partial charge in [-0.1, -0.05) is 121 Å². The first-order valence-electron chi connectivity index (χ1n) is 19.2. The van der Waals surface area contributed by atoms with Crippen LogP contribution in [0.1, 0.15) is 0 Å². The topological polar surface area (TPSA) is 35.6 Å². The van der Waals surface area contributed by atoms with E-state index in [-0.39, 0.29) is 0 Å². The minimum atomic E-state index is 0.721. The molecular weight excluding hydrogens is 713 g/mol. The summed E-state index contributed by atoms with van der Waals surface area (Å²) in [7, 11) is 0. The fourth-order valence-corrected chi connectivity index (χ4v) is 9.91. The van der Waals surface area contributed by atoms with Crippen LogP contribution in [0.15, 0.2) is 194 Å². The van der Waals surface area contributed by atoms with E-state index >= 15 is 0 Å². The zero-order chi connectivity index (χ0) is 37.5. The lowest BCUT2D eigenvalue weighted by Gasteiger charge is -2.12. The number of fused-ring (bicyclic) bond motifs is 9. The van der Waals surface area contributed by atoms with Crippen molar-refractivity contribution < 1.29 is 0 Å². The predicted molar refractivity (Wildman–Crippen MR) is 240 cm³/mol. The minimum Gasteiger partial charge on any atom is -0.309 e. The van der Waals surface area contributed by atoms with Crippen molar-refractivity contribution in [1.82, 2.24) is 19.1 Å². The molecule has 0 N–H and O–H groups in total. The molecule has 4 heterocycles. The zero-order valence-corrected chi connectivity index (χ0v) is 31.5. The highest BCUT2D eigenvalue weighted by molar-refractivity contribution is 7.26. The number of hydrogen-bond donors (Lipinski definition) is 0. The standard InChI is InChI=1S/C52H32N4S/c1-2-17-37(18-3-1)55-46-26-10-6-22-41(46)43-32-36(28-29-47(43)55)52-53-49(51-50(54-52)42-23-7-11-27-48(42)57-51)35-16-12-14-33(30-35)34-15-13-19-38(31-34)56-44-24-8-4-20-39(44)40-21-5-9-25-45(40)56/h1-32H. The van der Waals surface area contributed by atoms with Gasteiger partial charge in [0.1, 0.15) is 0 Å². The van der Waals surface area contributed by atoms with Crippen LogP contribution in [0.5, 0.6) is 0 Å². The van der Waals surface area contributed by atoms with Gasteiger partial charge in [0.25, 0.3) is 0 Å². The van der Waals surface area contributed by atoms with Gasteiger partial charge in [-0.25, -0.2) is 9.97 Å². The molecule has 12 rings (SSSR count). The van der Waals surface area contributed by atoms with Gasteiger partial charge in [0.15, 0.2) is 5.82 Å². The Morgan fingerprint density at radius 1 is 0.351 bits per heavy atom. The fourth-order valence-electron chi connectivity index (χ4n) is 8.75. The van der Waals surface area contributed by atoms with Crippen LogP contribution in [-0.2, 0) is 0 Å². The maximum absolute atomic E-state index is 5.44. The highest BCUT2D eigenvalue weighted by Crippen LogP contribution is 2.42. The Morgan fingerprint density at radius 2 is 0.895 bits per heavy atom. The Morgan fingerprint density at radius 3 is 1.63 bits per heavy atom. The number of thiophene rings is 1.